The van der Waals surface area contributed by atoms with E-state index in [2.05, 4.69) is 0 Å². The van der Waals surface area contributed by atoms with Gasteiger partial charge in [-0.05, 0) is 49.1 Å². The summed E-state index contributed by atoms with van der Waals surface area (Å²) in [5.74, 6) is 0. The molecule has 0 amide bonds. The second kappa shape index (κ2) is 7.94. The maximum atomic E-state index is 13.1. The zero-order chi connectivity index (χ0) is 23.1. The molecule has 2 aromatic rings. The van der Waals surface area contributed by atoms with Gasteiger partial charge in [0.15, 0.2) is 0 Å². The summed E-state index contributed by atoms with van der Waals surface area (Å²) in [6.45, 7) is 1.38. The third kappa shape index (κ3) is 4.93. The molecule has 0 aliphatic heterocycles. The van der Waals surface area contributed by atoms with Gasteiger partial charge in [0, 0.05) is 5.41 Å². The number of benzene rings is 2. The minimum absolute atomic E-state index is 0.0113. The fraction of sp³-hybridized carbons (Fsp3) is 0.409. The van der Waals surface area contributed by atoms with Gasteiger partial charge in [-0.3, -0.25) is 0 Å². The van der Waals surface area contributed by atoms with Gasteiger partial charge in [-0.2, -0.15) is 26.3 Å². The molecule has 0 spiro atoms. The number of hydrogen-bond donors (Lipinski definition) is 1. The molecule has 1 aliphatic rings. The number of rotatable bonds is 6. The second-order valence-corrected chi connectivity index (χ2v) is 8.14. The van der Waals surface area contributed by atoms with Gasteiger partial charge in [-0.25, -0.2) is 0 Å². The van der Waals surface area contributed by atoms with Crippen LogP contribution < -0.4 is 5.73 Å². The normalized spacial score (nSPS) is 25.0. The quantitative estimate of drug-likeness (QED) is 0.477. The molecule has 1 saturated carbocycles. The van der Waals surface area contributed by atoms with Crippen molar-refractivity contribution >= 4 is 6.29 Å². The largest absolute Gasteiger partial charge is 0.416 e. The highest BCUT2D eigenvalue weighted by Gasteiger charge is 2.54. The average molecular weight is 445 g/mol. The van der Waals surface area contributed by atoms with Crippen molar-refractivity contribution in [3.8, 4) is 0 Å². The Morgan fingerprint density at radius 2 is 1.52 bits per heavy atom. The first-order chi connectivity index (χ1) is 14.3. The summed E-state index contributed by atoms with van der Waals surface area (Å²) in [5, 5.41) is 0. The van der Waals surface area contributed by atoms with Crippen molar-refractivity contribution in [3.05, 3.63) is 70.8 Å². The lowest BCUT2D eigenvalue weighted by molar-refractivity contribution is -0.143. The first-order valence-electron chi connectivity index (χ1n) is 9.50. The number of carbonyl (C=O) groups is 1. The van der Waals surface area contributed by atoms with Crippen molar-refractivity contribution in [2.24, 2.45) is 5.73 Å². The summed E-state index contributed by atoms with van der Waals surface area (Å²) < 4.78 is 84.5. The number of nitrogens with two attached hydrogens (primary N) is 1. The standard InChI is InChI=1S/C22H21F6NO2/c1-14(15-7-17(21(23,24)25)9-18(8-15)22(26,27)28)31-13-19(10-20(29,11-19)12-30)16-5-3-2-4-6-16/h2-9,12,14H,10-11,13,29H2,1H3/t14-,19-,20+/m1/s1. The molecule has 0 saturated heterocycles. The van der Waals surface area contributed by atoms with Crippen molar-refractivity contribution in [1.82, 2.24) is 0 Å². The first kappa shape index (κ1) is 23.3. The molecule has 168 valence electrons. The summed E-state index contributed by atoms with van der Waals surface area (Å²) in [6.07, 6.45) is -9.74. The average Bonchev–Trinajstić information content (AvgIpc) is 2.69. The topological polar surface area (TPSA) is 52.3 Å². The molecule has 3 nitrogen and oxygen atoms in total. The van der Waals surface area contributed by atoms with Crippen molar-refractivity contribution in [1.29, 1.82) is 0 Å². The Labute approximate surface area is 175 Å². The Hall–Kier alpha value is -2.39. The molecule has 3 rings (SSSR count). The van der Waals surface area contributed by atoms with Gasteiger partial charge < -0.3 is 15.3 Å². The SMILES string of the molecule is C[C@@H](OC[C@]1(c2ccccc2)C[C@](N)(C=O)C1)c1cc(C(F)(F)F)cc(C(F)(F)F)c1. The van der Waals surface area contributed by atoms with Crippen LogP contribution >= 0.6 is 0 Å². The van der Waals surface area contributed by atoms with Gasteiger partial charge in [0.05, 0.1) is 29.4 Å². The molecule has 2 aromatic carbocycles. The number of hydrogen-bond acceptors (Lipinski definition) is 3. The molecule has 0 heterocycles. The molecule has 1 fully saturated rings. The van der Waals surface area contributed by atoms with Crippen LogP contribution in [0, 0.1) is 0 Å². The lowest BCUT2D eigenvalue weighted by Gasteiger charge is -2.52. The highest BCUT2D eigenvalue weighted by Crippen LogP contribution is 2.49. The van der Waals surface area contributed by atoms with E-state index in [0.29, 0.717) is 18.4 Å². The minimum Gasteiger partial charge on any atom is -0.373 e. The zero-order valence-electron chi connectivity index (χ0n) is 16.6. The maximum Gasteiger partial charge on any atom is 0.416 e. The van der Waals surface area contributed by atoms with Gasteiger partial charge >= 0.3 is 12.4 Å². The van der Waals surface area contributed by atoms with E-state index in [0.717, 1.165) is 5.56 Å². The fourth-order valence-electron chi connectivity index (χ4n) is 4.07. The lowest BCUT2D eigenvalue weighted by atomic mass is 9.55. The summed E-state index contributed by atoms with van der Waals surface area (Å²) in [5.41, 5.74) is 2.12. The van der Waals surface area contributed by atoms with E-state index in [9.17, 15) is 31.1 Å². The van der Waals surface area contributed by atoms with Crippen LogP contribution in [0.4, 0.5) is 26.3 Å². The smallest absolute Gasteiger partial charge is 0.373 e. The molecule has 0 bridgehead atoms. The molecule has 0 radical (unpaired) electrons. The number of ether oxygens (including phenoxy) is 1. The van der Waals surface area contributed by atoms with E-state index in [-0.39, 0.29) is 31.1 Å². The maximum absolute atomic E-state index is 13.1. The van der Waals surface area contributed by atoms with Crippen LogP contribution in [0.25, 0.3) is 0 Å². The van der Waals surface area contributed by atoms with Gasteiger partial charge in [-0.15, -0.1) is 0 Å². The molecular weight excluding hydrogens is 424 g/mol. The Kier molecular flexibility index (Phi) is 5.96. The first-order valence-corrected chi connectivity index (χ1v) is 9.50. The number of halogens is 6. The molecule has 1 atom stereocenters. The van der Waals surface area contributed by atoms with E-state index >= 15 is 0 Å². The van der Waals surface area contributed by atoms with Gasteiger partial charge in [0.1, 0.15) is 6.29 Å². The van der Waals surface area contributed by atoms with Crippen molar-refractivity contribution in [3.63, 3.8) is 0 Å². The molecule has 0 unspecified atom stereocenters. The van der Waals surface area contributed by atoms with Crippen molar-refractivity contribution in [2.45, 2.75) is 49.2 Å². The Balaban J connectivity index is 1.87. The van der Waals surface area contributed by atoms with Crippen molar-refractivity contribution < 1.29 is 35.9 Å². The van der Waals surface area contributed by atoms with E-state index in [1.54, 1.807) is 18.2 Å². The third-order valence-corrected chi connectivity index (χ3v) is 5.64. The minimum atomic E-state index is -4.93. The van der Waals surface area contributed by atoms with E-state index in [1.165, 1.54) is 6.92 Å². The summed E-state index contributed by atoms with van der Waals surface area (Å²) in [6, 6.07) is 10.4. The number of aldehydes is 1. The molecule has 1 aliphatic carbocycles. The number of alkyl halides is 6. The monoisotopic (exact) mass is 445 g/mol. The fourth-order valence-corrected chi connectivity index (χ4v) is 4.07. The van der Waals surface area contributed by atoms with E-state index in [1.807, 2.05) is 12.1 Å². The Morgan fingerprint density at radius 3 is 1.97 bits per heavy atom. The molecule has 31 heavy (non-hydrogen) atoms. The van der Waals surface area contributed by atoms with E-state index < -0.39 is 40.5 Å². The van der Waals surface area contributed by atoms with Crippen LogP contribution in [0.2, 0.25) is 0 Å². The number of carbonyl (C=O) groups excluding carboxylic acids is 1. The van der Waals surface area contributed by atoms with Gasteiger partial charge in [0.25, 0.3) is 0 Å². The zero-order valence-corrected chi connectivity index (χ0v) is 16.6. The van der Waals surface area contributed by atoms with Crippen LogP contribution in [0.15, 0.2) is 48.5 Å². The summed E-state index contributed by atoms with van der Waals surface area (Å²) >= 11 is 0. The Morgan fingerprint density at radius 1 is 1.00 bits per heavy atom. The summed E-state index contributed by atoms with van der Waals surface area (Å²) in [4.78, 5) is 11.3. The molecule has 2 N–H and O–H groups in total. The lowest BCUT2D eigenvalue weighted by Crippen LogP contribution is -2.63. The highest BCUT2D eigenvalue weighted by atomic mass is 19.4. The van der Waals surface area contributed by atoms with Gasteiger partial charge in [-0.1, -0.05) is 30.3 Å². The molecule has 0 aromatic heterocycles. The van der Waals surface area contributed by atoms with Crippen molar-refractivity contribution in [2.75, 3.05) is 6.61 Å². The summed E-state index contributed by atoms with van der Waals surface area (Å²) in [7, 11) is 0. The van der Waals surface area contributed by atoms with Crippen LogP contribution in [0.3, 0.4) is 0 Å². The predicted molar refractivity (Wildman–Crippen MR) is 101 cm³/mol. The van der Waals surface area contributed by atoms with Gasteiger partial charge in [0.2, 0.25) is 0 Å². The highest BCUT2D eigenvalue weighted by molar-refractivity contribution is 5.68. The van der Waals surface area contributed by atoms with Crippen LogP contribution in [0.5, 0.6) is 0 Å². The Bertz CT molecular complexity index is 901. The molecule has 9 heteroatoms. The third-order valence-electron chi connectivity index (χ3n) is 5.64. The van der Waals surface area contributed by atoms with E-state index in [4.69, 9.17) is 10.5 Å². The van der Waals surface area contributed by atoms with Crippen LogP contribution in [0.1, 0.15) is 48.1 Å². The van der Waals surface area contributed by atoms with Crippen LogP contribution in [-0.2, 0) is 27.3 Å². The van der Waals surface area contributed by atoms with Crippen LogP contribution in [-0.4, -0.2) is 18.4 Å². The predicted octanol–water partition coefficient (Wildman–Crippen LogP) is 5.43. The molecular formula is C22H21F6NO2. The second-order valence-electron chi connectivity index (χ2n) is 8.14.